The second-order valence-corrected chi connectivity index (χ2v) is 11.7. The lowest BCUT2D eigenvalue weighted by atomic mass is 9.49. The van der Waals surface area contributed by atoms with Crippen LogP contribution in [0.1, 0.15) is 39.7 Å². The summed E-state index contributed by atoms with van der Waals surface area (Å²) in [5.74, 6) is -3.21. The Balaban J connectivity index is 1.72. The highest BCUT2D eigenvalue weighted by Crippen LogP contribution is 2.63. The molecule has 10 atom stereocenters. The molecule has 3 fully saturated rings. The number of carbonyl (C=O) groups is 3. The molecule has 1 saturated carbocycles. The lowest BCUT2D eigenvalue weighted by molar-refractivity contribution is -0.180. The molecule has 2 saturated heterocycles. The van der Waals surface area contributed by atoms with Gasteiger partial charge in [-0.05, 0) is 43.4 Å². The monoisotopic (exact) mass is 523 g/mol. The first kappa shape index (κ1) is 26.8. The van der Waals surface area contributed by atoms with Crippen molar-refractivity contribution in [2.24, 2.45) is 29.1 Å². The van der Waals surface area contributed by atoms with Crippen molar-refractivity contribution in [2.75, 3.05) is 6.61 Å². The molecule has 204 valence electrons. The van der Waals surface area contributed by atoms with Gasteiger partial charge in [0, 0.05) is 30.7 Å². The van der Waals surface area contributed by atoms with Crippen LogP contribution in [0.15, 0.2) is 54.6 Å². The van der Waals surface area contributed by atoms with Gasteiger partial charge in [0.2, 0.25) is 5.91 Å². The third-order valence-corrected chi connectivity index (χ3v) is 9.31. The summed E-state index contributed by atoms with van der Waals surface area (Å²) < 4.78 is 11.8. The Morgan fingerprint density at radius 1 is 1.18 bits per heavy atom. The summed E-state index contributed by atoms with van der Waals surface area (Å²) in [4.78, 5) is 39.7. The van der Waals surface area contributed by atoms with Crippen LogP contribution in [0.25, 0.3) is 0 Å². The van der Waals surface area contributed by atoms with E-state index in [0.717, 1.165) is 5.56 Å². The second kappa shape index (κ2) is 9.43. The van der Waals surface area contributed by atoms with E-state index in [9.17, 15) is 24.6 Å². The maximum absolute atomic E-state index is 14.3. The fourth-order valence-electron chi connectivity index (χ4n) is 7.34. The van der Waals surface area contributed by atoms with E-state index in [1.54, 1.807) is 19.1 Å². The number of ketones is 1. The van der Waals surface area contributed by atoms with Crippen LogP contribution >= 0.6 is 0 Å². The summed E-state index contributed by atoms with van der Waals surface area (Å²) >= 11 is 0. The van der Waals surface area contributed by atoms with E-state index in [1.807, 2.05) is 37.3 Å². The number of ether oxygens (including phenoxy) is 2. The molecule has 38 heavy (non-hydrogen) atoms. The van der Waals surface area contributed by atoms with Gasteiger partial charge in [0.05, 0.1) is 12.7 Å². The Hall–Kier alpha value is -2.81. The molecule has 1 amide bonds. The second-order valence-electron chi connectivity index (χ2n) is 11.7. The summed E-state index contributed by atoms with van der Waals surface area (Å²) in [6, 6.07) is 9.53. The number of allylic oxidation sites excluding steroid dienone is 1. The first-order valence-electron chi connectivity index (χ1n) is 13.4. The minimum atomic E-state index is -1.82. The zero-order chi connectivity index (χ0) is 27.5. The van der Waals surface area contributed by atoms with E-state index in [1.165, 1.54) is 26.0 Å². The van der Waals surface area contributed by atoms with Gasteiger partial charge in [0.25, 0.3) is 0 Å². The van der Waals surface area contributed by atoms with Crippen LogP contribution < -0.4 is 5.32 Å². The van der Waals surface area contributed by atoms with Crippen LogP contribution in [0.4, 0.5) is 0 Å². The molecule has 8 heteroatoms. The number of Topliss-reactive ketones (excluding diaryl/α,β-unsaturated/α-hetero) is 1. The Bertz CT molecular complexity index is 1170. The van der Waals surface area contributed by atoms with Gasteiger partial charge in [0.15, 0.2) is 5.78 Å². The SMILES string of the molecule is CC(=O)O[C@@H]1/C=C/[C@@](C)(O)C(=O)[C@@H](C)C/C=C/[C@H]2[C@H](O)[C@]3(CO3)[C@@H](C)[C@H]3[C@H](Cc4ccccc4)NC(=O)[C@@]312. The van der Waals surface area contributed by atoms with E-state index < -0.39 is 46.6 Å². The van der Waals surface area contributed by atoms with Crippen LogP contribution in [0.5, 0.6) is 0 Å². The quantitative estimate of drug-likeness (QED) is 0.315. The number of hydrogen-bond donors (Lipinski definition) is 3. The molecule has 2 aliphatic carbocycles. The van der Waals surface area contributed by atoms with Crippen molar-refractivity contribution in [3.63, 3.8) is 0 Å². The van der Waals surface area contributed by atoms with Crippen molar-refractivity contribution in [2.45, 2.75) is 70.0 Å². The van der Waals surface area contributed by atoms with Crippen molar-refractivity contribution in [3.8, 4) is 0 Å². The Kier molecular flexibility index (Phi) is 6.65. The van der Waals surface area contributed by atoms with Crippen LogP contribution in [0.2, 0.25) is 0 Å². The molecule has 4 aliphatic rings. The lowest BCUT2D eigenvalue weighted by Crippen LogP contribution is -2.65. The van der Waals surface area contributed by atoms with Crippen molar-refractivity contribution in [1.82, 2.24) is 5.32 Å². The van der Waals surface area contributed by atoms with Crippen LogP contribution in [-0.2, 0) is 30.3 Å². The Morgan fingerprint density at radius 2 is 1.87 bits per heavy atom. The Labute approximate surface area is 223 Å². The summed E-state index contributed by atoms with van der Waals surface area (Å²) in [6.07, 6.45) is 5.10. The summed E-state index contributed by atoms with van der Waals surface area (Å²) in [5, 5.41) is 26.0. The number of nitrogens with one attached hydrogen (secondary N) is 1. The molecule has 8 nitrogen and oxygen atoms in total. The maximum Gasteiger partial charge on any atom is 0.303 e. The maximum atomic E-state index is 14.3. The average Bonchev–Trinajstić information content (AvgIpc) is 3.62. The van der Waals surface area contributed by atoms with Gasteiger partial charge in [-0.25, -0.2) is 0 Å². The zero-order valence-corrected chi connectivity index (χ0v) is 22.3. The number of hydrogen-bond acceptors (Lipinski definition) is 7. The highest BCUT2D eigenvalue weighted by Gasteiger charge is 2.76. The zero-order valence-electron chi connectivity index (χ0n) is 22.3. The molecule has 3 N–H and O–H groups in total. The van der Waals surface area contributed by atoms with E-state index in [0.29, 0.717) is 19.4 Å². The van der Waals surface area contributed by atoms with E-state index in [2.05, 4.69) is 5.32 Å². The van der Waals surface area contributed by atoms with Gasteiger partial charge in [-0.1, -0.05) is 56.3 Å². The van der Waals surface area contributed by atoms with Crippen LogP contribution in [-0.4, -0.2) is 63.9 Å². The average molecular weight is 524 g/mol. The lowest BCUT2D eigenvalue weighted by Gasteiger charge is -2.53. The van der Waals surface area contributed by atoms with Gasteiger partial charge in [-0.15, -0.1) is 0 Å². The number of amides is 1. The molecule has 0 radical (unpaired) electrons. The first-order valence-corrected chi connectivity index (χ1v) is 13.4. The van der Waals surface area contributed by atoms with Gasteiger partial charge in [-0.3, -0.25) is 14.4 Å². The molecule has 1 aromatic rings. The fraction of sp³-hybridized carbons (Fsp3) is 0.567. The number of carbonyl (C=O) groups excluding carboxylic acids is 3. The van der Waals surface area contributed by atoms with E-state index in [4.69, 9.17) is 9.47 Å². The highest BCUT2D eigenvalue weighted by atomic mass is 16.6. The molecule has 0 unspecified atom stereocenters. The third kappa shape index (κ3) is 4.05. The van der Waals surface area contributed by atoms with Gasteiger partial charge < -0.3 is 25.0 Å². The van der Waals surface area contributed by atoms with Crippen LogP contribution in [0.3, 0.4) is 0 Å². The fourth-order valence-corrected chi connectivity index (χ4v) is 7.34. The number of rotatable bonds is 3. The summed E-state index contributed by atoms with van der Waals surface area (Å²) in [7, 11) is 0. The standard InChI is InChI=1S/C30H37NO7/c1-17-9-8-12-21-26(34)29(16-37-29)18(2)24-22(15-20-10-6-5-7-11-20)31-27(35)30(21,24)23(38-19(3)32)13-14-28(4,36)25(17)33/h5-8,10-14,17-18,21-24,26,34,36H,9,15-16H2,1-4H3,(H,31,35)/b12-8+,14-13+/t17-,18-,21-,22-,23+,24-,26-,28+,29-,30+/m0/s1. The normalized spacial score (nSPS) is 45.8. The molecule has 0 aromatic heterocycles. The largest absolute Gasteiger partial charge is 0.457 e. The number of esters is 1. The van der Waals surface area contributed by atoms with Crippen LogP contribution in [0, 0.1) is 29.1 Å². The number of aliphatic hydroxyl groups is 2. The predicted octanol–water partition coefficient (Wildman–Crippen LogP) is 2.13. The van der Waals surface area contributed by atoms with Gasteiger partial charge in [0.1, 0.15) is 22.7 Å². The highest BCUT2D eigenvalue weighted by molar-refractivity contribution is 5.91. The molecular weight excluding hydrogens is 486 g/mol. The number of aliphatic hydroxyl groups excluding tert-OH is 1. The van der Waals surface area contributed by atoms with Crippen molar-refractivity contribution < 1.29 is 34.1 Å². The molecule has 5 rings (SSSR count). The van der Waals surface area contributed by atoms with Gasteiger partial charge in [-0.2, -0.15) is 0 Å². The van der Waals surface area contributed by atoms with E-state index >= 15 is 0 Å². The molecule has 2 heterocycles. The summed E-state index contributed by atoms with van der Waals surface area (Å²) in [5.41, 5.74) is -2.98. The Morgan fingerprint density at radius 3 is 2.50 bits per heavy atom. The first-order chi connectivity index (χ1) is 17.9. The number of epoxide rings is 1. The molecule has 2 aliphatic heterocycles. The summed E-state index contributed by atoms with van der Waals surface area (Å²) in [6.45, 7) is 6.76. The van der Waals surface area contributed by atoms with Crippen molar-refractivity contribution >= 4 is 17.7 Å². The molecule has 0 bridgehead atoms. The molecule has 1 aromatic carbocycles. The van der Waals surface area contributed by atoms with Gasteiger partial charge >= 0.3 is 5.97 Å². The topological polar surface area (TPSA) is 125 Å². The minimum absolute atomic E-state index is 0.257. The van der Waals surface area contributed by atoms with Crippen molar-refractivity contribution in [3.05, 3.63) is 60.2 Å². The van der Waals surface area contributed by atoms with Crippen molar-refractivity contribution in [1.29, 1.82) is 0 Å². The predicted molar refractivity (Wildman–Crippen MR) is 139 cm³/mol. The third-order valence-electron chi connectivity index (χ3n) is 9.31. The van der Waals surface area contributed by atoms with E-state index in [-0.39, 0.29) is 29.6 Å². The molecular formula is C30H37NO7. The smallest absolute Gasteiger partial charge is 0.303 e. The molecule has 2 spiro atoms. The number of benzene rings is 1. The minimum Gasteiger partial charge on any atom is -0.457 e.